The molecule has 0 bridgehead atoms. The maximum Gasteiger partial charge on any atom is 0.359 e. The zero-order valence-electron chi connectivity index (χ0n) is 11.6. The number of carbonyl (C=O) groups is 2. The summed E-state index contributed by atoms with van der Waals surface area (Å²) in [4.78, 5) is 23.6. The van der Waals surface area contributed by atoms with E-state index in [1.54, 1.807) is 37.3 Å². The van der Waals surface area contributed by atoms with Gasteiger partial charge < -0.3 is 4.74 Å². The molecule has 0 radical (unpaired) electrons. The van der Waals surface area contributed by atoms with Gasteiger partial charge in [0.2, 0.25) is 0 Å². The number of hydrogen-bond donors (Lipinski definition) is 2. The molecule has 2 N–H and O–H groups in total. The summed E-state index contributed by atoms with van der Waals surface area (Å²) in [5.74, 6) is -1.16. The number of hydrazone groups is 1. The second-order valence-electron chi connectivity index (χ2n) is 4.20. The van der Waals surface area contributed by atoms with Crippen LogP contribution < -0.4 is 5.43 Å². The maximum absolute atomic E-state index is 11.9. The summed E-state index contributed by atoms with van der Waals surface area (Å²) in [5.41, 5.74) is 3.79. The van der Waals surface area contributed by atoms with Gasteiger partial charge in [-0.2, -0.15) is 10.2 Å². The van der Waals surface area contributed by atoms with E-state index >= 15 is 0 Å². The van der Waals surface area contributed by atoms with Gasteiger partial charge in [-0.05, 0) is 13.0 Å². The molecule has 0 atom stereocenters. The number of rotatable bonds is 4. The molecule has 0 unspecified atom stereocenters. The highest BCUT2D eigenvalue weighted by Crippen LogP contribution is 2.03. The number of H-pyrrole nitrogens is 1. The number of carbonyl (C=O) groups excluding carboxylic acids is 2. The van der Waals surface area contributed by atoms with E-state index in [2.05, 4.69) is 25.5 Å². The minimum absolute atomic E-state index is 0.0127. The van der Waals surface area contributed by atoms with Crippen LogP contribution in [0.5, 0.6) is 0 Å². The van der Waals surface area contributed by atoms with Gasteiger partial charge in [-0.3, -0.25) is 9.89 Å². The lowest BCUT2D eigenvalue weighted by Crippen LogP contribution is -2.25. The first kappa shape index (κ1) is 14.4. The highest BCUT2D eigenvalue weighted by molar-refractivity contribution is 6.43. The van der Waals surface area contributed by atoms with Gasteiger partial charge in [-0.15, -0.1) is 0 Å². The number of ether oxygens (including phenoxy) is 1. The van der Waals surface area contributed by atoms with Crippen molar-refractivity contribution in [2.75, 3.05) is 7.11 Å². The smallest absolute Gasteiger partial charge is 0.359 e. The normalized spacial score (nSPS) is 11.0. The van der Waals surface area contributed by atoms with Crippen LogP contribution in [-0.2, 0) is 9.53 Å². The quantitative estimate of drug-likeness (QED) is 0.498. The van der Waals surface area contributed by atoms with E-state index in [4.69, 9.17) is 0 Å². The molecule has 1 amide bonds. The summed E-state index contributed by atoms with van der Waals surface area (Å²) in [7, 11) is 1.25. The molecule has 0 aliphatic carbocycles. The van der Waals surface area contributed by atoms with Crippen molar-refractivity contribution in [3.8, 4) is 0 Å². The van der Waals surface area contributed by atoms with Gasteiger partial charge in [0.1, 0.15) is 0 Å². The average Bonchev–Trinajstić information content (AvgIpc) is 2.94. The van der Waals surface area contributed by atoms with E-state index in [9.17, 15) is 9.59 Å². The first-order valence-corrected chi connectivity index (χ1v) is 6.15. The fourth-order valence-corrected chi connectivity index (χ4v) is 1.62. The number of aromatic nitrogens is 2. The fourth-order valence-electron chi connectivity index (χ4n) is 1.62. The van der Waals surface area contributed by atoms with E-state index in [-0.39, 0.29) is 11.4 Å². The Morgan fingerprint density at radius 3 is 2.57 bits per heavy atom. The number of nitrogens with zero attached hydrogens (tertiary/aromatic N) is 2. The van der Waals surface area contributed by atoms with Crippen LogP contribution in [0.2, 0.25) is 0 Å². The van der Waals surface area contributed by atoms with Crippen molar-refractivity contribution < 1.29 is 14.3 Å². The van der Waals surface area contributed by atoms with Crippen LogP contribution in [0.25, 0.3) is 0 Å². The summed E-state index contributed by atoms with van der Waals surface area (Å²) < 4.78 is 4.67. The maximum atomic E-state index is 11.9. The summed E-state index contributed by atoms with van der Waals surface area (Å²) in [6.07, 6.45) is 0. The fraction of sp³-hybridized carbons (Fsp3) is 0.143. The summed E-state index contributed by atoms with van der Waals surface area (Å²) in [5, 5.41) is 10.3. The van der Waals surface area contributed by atoms with Crippen LogP contribution in [0.4, 0.5) is 0 Å². The Balaban J connectivity index is 2.21. The molecule has 1 aromatic carbocycles. The Labute approximate surface area is 121 Å². The van der Waals surface area contributed by atoms with Gasteiger partial charge in [0, 0.05) is 11.3 Å². The van der Waals surface area contributed by atoms with Crippen LogP contribution in [0.1, 0.15) is 21.7 Å². The Morgan fingerprint density at radius 1 is 1.29 bits per heavy atom. The number of esters is 1. The third-order valence-electron chi connectivity index (χ3n) is 2.63. The Morgan fingerprint density at radius 2 is 2.00 bits per heavy atom. The molecule has 7 nitrogen and oxygen atoms in total. The van der Waals surface area contributed by atoms with E-state index < -0.39 is 11.9 Å². The predicted octanol–water partition coefficient (Wildman–Crippen LogP) is 1.03. The molecule has 7 heteroatoms. The molecule has 0 aliphatic rings. The number of aryl methyl sites for hydroxylation is 1. The largest absolute Gasteiger partial charge is 0.464 e. The van der Waals surface area contributed by atoms with Crippen molar-refractivity contribution in [2.24, 2.45) is 5.10 Å². The highest BCUT2D eigenvalue weighted by Gasteiger charge is 2.16. The van der Waals surface area contributed by atoms with Crippen molar-refractivity contribution in [3.05, 3.63) is 53.3 Å². The SMILES string of the molecule is COC(=O)/C(=N\NC(=O)c1cc(C)[nH]n1)c1ccccc1. The molecular weight excluding hydrogens is 272 g/mol. The molecule has 2 aromatic rings. The molecule has 1 heterocycles. The minimum atomic E-state index is -0.639. The zero-order chi connectivity index (χ0) is 15.2. The van der Waals surface area contributed by atoms with E-state index in [1.807, 2.05) is 6.07 Å². The second-order valence-corrected chi connectivity index (χ2v) is 4.20. The molecule has 0 saturated carbocycles. The molecule has 0 spiro atoms. The number of aromatic amines is 1. The molecule has 1 aromatic heterocycles. The van der Waals surface area contributed by atoms with E-state index in [1.165, 1.54) is 7.11 Å². The van der Waals surface area contributed by atoms with Crippen molar-refractivity contribution in [2.45, 2.75) is 6.92 Å². The van der Waals surface area contributed by atoms with Gasteiger partial charge in [-0.25, -0.2) is 10.2 Å². The minimum Gasteiger partial charge on any atom is -0.464 e. The average molecular weight is 286 g/mol. The van der Waals surface area contributed by atoms with Gasteiger partial charge in [0.15, 0.2) is 11.4 Å². The number of benzene rings is 1. The van der Waals surface area contributed by atoms with Gasteiger partial charge in [0.25, 0.3) is 5.91 Å². The molecule has 21 heavy (non-hydrogen) atoms. The standard InChI is InChI=1S/C14H14N4O3/c1-9-8-11(16-15-9)13(19)18-17-12(14(20)21-2)10-6-4-3-5-7-10/h3-8H,1-2H3,(H,15,16)(H,18,19)/b17-12-. The Kier molecular flexibility index (Phi) is 4.45. The van der Waals surface area contributed by atoms with Crippen molar-refractivity contribution in [3.63, 3.8) is 0 Å². The monoisotopic (exact) mass is 286 g/mol. The van der Waals surface area contributed by atoms with E-state index in [0.29, 0.717) is 5.56 Å². The third kappa shape index (κ3) is 3.53. The van der Waals surface area contributed by atoms with Crippen molar-refractivity contribution >= 4 is 17.6 Å². The number of hydrogen-bond acceptors (Lipinski definition) is 5. The van der Waals surface area contributed by atoms with Gasteiger partial charge in [0.05, 0.1) is 7.11 Å². The van der Waals surface area contributed by atoms with E-state index in [0.717, 1.165) is 5.69 Å². The lowest BCUT2D eigenvalue weighted by molar-refractivity contribution is -0.132. The zero-order valence-corrected chi connectivity index (χ0v) is 11.6. The third-order valence-corrected chi connectivity index (χ3v) is 2.63. The van der Waals surface area contributed by atoms with Crippen LogP contribution in [0, 0.1) is 6.92 Å². The summed E-state index contributed by atoms with van der Waals surface area (Å²) in [6.45, 7) is 1.77. The number of amides is 1. The lowest BCUT2D eigenvalue weighted by atomic mass is 10.1. The summed E-state index contributed by atoms with van der Waals surface area (Å²) in [6, 6.07) is 10.3. The molecule has 2 rings (SSSR count). The lowest BCUT2D eigenvalue weighted by Gasteiger charge is -2.04. The summed E-state index contributed by atoms with van der Waals surface area (Å²) >= 11 is 0. The molecule has 0 aliphatic heterocycles. The van der Waals surface area contributed by atoms with Crippen molar-refractivity contribution in [1.29, 1.82) is 0 Å². The first-order valence-electron chi connectivity index (χ1n) is 6.15. The molecule has 0 fully saturated rings. The van der Waals surface area contributed by atoms with Gasteiger partial charge in [-0.1, -0.05) is 30.3 Å². The predicted molar refractivity (Wildman–Crippen MR) is 75.8 cm³/mol. The van der Waals surface area contributed by atoms with Crippen LogP contribution in [0.15, 0.2) is 41.5 Å². The topological polar surface area (TPSA) is 96.4 Å². The second kappa shape index (κ2) is 6.47. The molecule has 108 valence electrons. The van der Waals surface area contributed by atoms with Crippen LogP contribution >= 0.6 is 0 Å². The Hall–Kier alpha value is -2.96. The van der Waals surface area contributed by atoms with Crippen LogP contribution in [0.3, 0.4) is 0 Å². The van der Waals surface area contributed by atoms with Crippen LogP contribution in [-0.4, -0.2) is 34.9 Å². The number of methoxy groups -OCH3 is 1. The number of nitrogens with one attached hydrogen (secondary N) is 2. The molecular formula is C14H14N4O3. The van der Waals surface area contributed by atoms with Crippen molar-refractivity contribution in [1.82, 2.24) is 15.6 Å². The first-order chi connectivity index (χ1) is 10.1. The highest BCUT2D eigenvalue weighted by atomic mass is 16.5. The van der Waals surface area contributed by atoms with Gasteiger partial charge >= 0.3 is 5.97 Å². The molecule has 0 saturated heterocycles. The Bertz CT molecular complexity index is 677.